The van der Waals surface area contributed by atoms with Gasteiger partial charge in [-0.25, -0.2) is 23.3 Å². The summed E-state index contributed by atoms with van der Waals surface area (Å²) in [5.74, 6) is 0. The zero-order chi connectivity index (χ0) is 20.2. The fourth-order valence-electron chi connectivity index (χ4n) is 3.82. The molecule has 0 fully saturated rings. The Morgan fingerprint density at radius 1 is 0.655 bits per heavy atom. The molecular formula is C26H42Cl2Zr. The molecule has 0 saturated heterocycles. The van der Waals surface area contributed by atoms with E-state index >= 15 is 0 Å². The van der Waals surface area contributed by atoms with Gasteiger partial charge in [-0.05, 0) is 34.5 Å². The smallest absolute Gasteiger partial charge is 1.00 e. The maximum atomic E-state index is 3.46. The van der Waals surface area contributed by atoms with Crippen LogP contribution in [0, 0.1) is 33.8 Å². The van der Waals surface area contributed by atoms with Crippen LogP contribution in [0.4, 0.5) is 0 Å². The Morgan fingerprint density at radius 2 is 0.931 bits per heavy atom. The molecule has 29 heavy (non-hydrogen) atoms. The van der Waals surface area contributed by atoms with E-state index in [2.05, 4.69) is 106 Å². The standard InChI is InChI=1S/2C13H21.2ClH.Zr/c2*1-6-13(5,12(2,3)4)11-9-7-8-10-11;;;/h2*7,9H,6,8H2,1-5H3;2*1H;/q2*-1;;;+4/p-2. The van der Waals surface area contributed by atoms with Crippen molar-refractivity contribution in [2.75, 3.05) is 0 Å². The summed E-state index contributed by atoms with van der Waals surface area (Å²) in [5.41, 5.74) is 4.00. The zero-order valence-electron chi connectivity index (χ0n) is 20.4. The Hall–Kier alpha value is 0.423. The minimum atomic E-state index is 0. The molecule has 0 bridgehead atoms. The maximum Gasteiger partial charge on any atom is 4.00 e. The maximum absolute atomic E-state index is 3.46. The first-order valence-electron chi connectivity index (χ1n) is 10.4. The molecule has 0 amide bonds. The van der Waals surface area contributed by atoms with Crippen LogP contribution in [-0.2, 0) is 26.2 Å². The van der Waals surface area contributed by atoms with E-state index in [1.54, 1.807) is 0 Å². The summed E-state index contributed by atoms with van der Waals surface area (Å²) >= 11 is 0. The summed E-state index contributed by atoms with van der Waals surface area (Å²) in [7, 11) is 0. The normalized spacial score (nSPS) is 19.2. The number of halogens is 2. The molecule has 0 N–H and O–H groups in total. The Labute approximate surface area is 214 Å². The molecule has 2 aliphatic rings. The molecule has 0 spiro atoms. The molecule has 0 radical (unpaired) electrons. The second-order valence-electron chi connectivity index (χ2n) is 10.3. The van der Waals surface area contributed by atoms with Gasteiger partial charge in [-0.3, -0.25) is 12.2 Å². The zero-order valence-corrected chi connectivity index (χ0v) is 24.4. The third-order valence-electron chi connectivity index (χ3n) is 7.30. The topological polar surface area (TPSA) is 0 Å². The van der Waals surface area contributed by atoms with E-state index in [-0.39, 0.29) is 61.8 Å². The SMILES string of the molecule is CCC(C)(C1=[C-]CC=C1)C(C)(C)C.CCC(C)(C1=[C-]CC=C1)C(C)(C)C.[Cl-].[Cl-].[Zr+4]. The molecule has 0 saturated carbocycles. The van der Waals surface area contributed by atoms with Gasteiger partial charge in [0.05, 0.1) is 0 Å². The van der Waals surface area contributed by atoms with Gasteiger partial charge in [-0.1, -0.05) is 69.2 Å². The van der Waals surface area contributed by atoms with Crippen molar-refractivity contribution in [2.45, 2.75) is 94.9 Å². The van der Waals surface area contributed by atoms with Crippen LogP contribution in [0.1, 0.15) is 94.9 Å². The van der Waals surface area contributed by atoms with E-state index < -0.39 is 0 Å². The molecule has 2 rings (SSSR count). The van der Waals surface area contributed by atoms with E-state index in [0.717, 1.165) is 12.8 Å². The van der Waals surface area contributed by atoms with Crippen LogP contribution in [0.3, 0.4) is 0 Å². The quantitative estimate of drug-likeness (QED) is 0.503. The summed E-state index contributed by atoms with van der Waals surface area (Å²) in [6.45, 7) is 23.1. The Morgan fingerprint density at radius 3 is 1.07 bits per heavy atom. The van der Waals surface area contributed by atoms with Crippen LogP contribution in [0.2, 0.25) is 0 Å². The average Bonchev–Trinajstić information content (AvgIpc) is 3.24. The van der Waals surface area contributed by atoms with Crippen LogP contribution in [-0.4, -0.2) is 0 Å². The molecule has 0 heterocycles. The molecule has 2 aliphatic carbocycles. The summed E-state index contributed by atoms with van der Waals surface area (Å²) in [5, 5.41) is 0. The third-order valence-corrected chi connectivity index (χ3v) is 7.30. The second kappa shape index (κ2) is 13.1. The van der Waals surface area contributed by atoms with Crippen LogP contribution in [0.15, 0.2) is 35.5 Å². The van der Waals surface area contributed by atoms with E-state index in [1.165, 1.54) is 24.0 Å². The predicted molar refractivity (Wildman–Crippen MR) is 117 cm³/mol. The van der Waals surface area contributed by atoms with Gasteiger partial charge in [0.25, 0.3) is 0 Å². The summed E-state index contributed by atoms with van der Waals surface area (Å²) in [6, 6.07) is 0. The van der Waals surface area contributed by atoms with Crippen LogP contribution >= 0.6 is 0 Å². The van der Waals surface area contributed by atoms with Crippen molar-refractivity contribution in [3.05, 3.63) is 47.6 Å². The van der Waals surface area contributed by atoms with Gasteiger partial charge in [0.2, 0.25) is 0 Å². The number of allylic oxidation sites excluding steroid dienone is 8. The number of hydrogen-bond donors (Lipinski definition) is 0. The molecule has 0 nitrogen and oxygen atoms in total. The molecular weight excluding hydrogens is 474 g/mol. The fraction of sp³-hybridized carbons (Fsp3) is 0.692. The van der Waals surface area contributed by atoms with Crippen LogP contribution < -0.4 is 24.8 Å². The molecule has 0 aromatic heterocycles. The van der Waals surface area contributed by atoms with E-state index in [4.69, 9.17) is 0 Å². The summed E-state index contributed by atoms with van der Waals surface area (Å²) in [4.78, 5) is 0. The molecule has 0 aliphatic heterocycles. The van der Waals surface area contributed by atoms with Crippen molar-refractivity contribution >= 4 is 0 Å². The number of rotatable bonds is 4. The van der Waals surface area contributed by atoms with Crippen molar-refractivity contribution in [2.24, 2.45) is 21.7 Å². The molecule has 2 atom stereocenters. The molecule has 0 aromatic rings. The van der Waals surface area contributed by atoms with Crippen LogP contribution in [0.25, 0.3) is 0 Å². The Balaban J connectivity index is -0.000000422. The molecule has 164 valence electrons. The first-order valence-corrected chi connectivity index (χ1v) is 10.4. The first-order chi connectivity index (χ1) is 11.8. The first kappa shape index (κ1) is 34.0. The van der Waals surface area contributed by atoms with Gasteiger partial charge >= 0.3 is 26.2 Å². The van der Waals surface area contributed by atoms with Gasteiger partial charge in [0.1, 0.15) is 0 Å². The molecule has 0 aromatic carbocycles. The average molecular weight is 517 g/mol. The van der Waals surface area contributed by atoms with Crippen molar-refractivity contribution < 1.29 is 51.0 Å². The van der Waals surface area contributed by atoms with E-state index in [9.17, 15) is 0 Å². The van der Waals surface area contributed by atoms with Crippen molar-refractivity contribution in [3.8, 4) is 0 Å². The van der Waals surface area contributed by atoms with Gasteiger partial charge in [0, 0.05) is 0 Å². The van der Waals surface area contributed by atoms with Gasteiger partial charge in [0.15, 0.2) is 0 Å². The van der Waals surface area contributed by atoms with Crippen molar-refractivity contribution in [1.82, 2.24) is 0 Å². The van der Waals surface area contributed by atoms with Gasteiger partial charge < -0.3 is 24.8 Å². The number of hydrogen-bond acceptors (Lipinski definition) is 0. The Kier molecular flexibility index (Phi) is 15.4. The predicted octanol–water partition coefficient (Wildman–Crippen LogP) is 2.28. The summed E-state index contributed by atoms with van der Waals surface area (Å²) < 4.78 is 0. The molecule has 3 heteroatoms. The Bertz CT molecular complexity index is 545. The van der Waals surface area contributed by atoms with Gasteiger partial charge in [-0.2, -0.15) is 12.2 Å². The van der Waals surface area contributed by atoms with E-state index in [1.807, 2.05) is 0 Å². The summed E-state index contributed by atoms with van der Waals surface area (Å²) in [6.07, 6.45) is 20.2. The van der Waals surface area contributed by atoms with E-state index in [0.29, 0.717) is 10.8 Å². The fourth-order valence-corrected chi connectivity index (χ4v) is 3.82. The second-order valence-corrected chi connectivity index (χ2v) is 10.3. The largest absolute Gasteiger partial charge is 4.00 e. The van der Waals surface area contributed by atoms with Crippen LogP contribution in [0.5, 0.6) is 0 Å². The third kappa shape index (κ3) is 7.81. The van der Waals surface area contributed by atoms with Gasteiger partial charge in [-0.15, -0.1) is 12.8 Å². The van der Waals surface area contributed by atoms with Crippen molar-refractivity contribution in [3.63, 3.8) is 0 Å². The molecule has 2 unspecified atom stereocenters. The minimum Gasteiger partial charge on any atom is -1.00 e. The van der Waals surface area contributed by atoms with Crippen molar-refractivity contribution in [1.29, 1.82) is 0 Å². The monoisotopic (exact) mass is 514 g/mol. The minimum absolute atomic E-state index is 0.